The van der Waals surface area contributed by atoms with E-state index in [-0.39, 0.29) is 11.9 Å². The van der Waals surface area contributed by atoms with Crippen molar-refractivity contribution in [3.63, 3.8) is 0 Å². The molecule has 1 amide bonds. The monoisotopic (exact) mass is 355 g/mol. The van der Waals surface area contributed by atoms with Gasteiger partial charge in [-0.1, -0.05) is 31.9 Å². The van der Waals surface area contributed by atoms with Gasteiger partial charge in [-0.2, -0.15) is 5.10 Å². The molecule has 26 heavy (non-hydrogen) atoms. The normalized spacial score (nSPS) is 21.5. The van der Waals surface area contributed by atoms with E-state index in [0.717, 1.165) is 12.1 Å². The van der Waals surface area contributed by atoms with Crippen LogP contribution in [0.1, 0.15) is 51.1 Å². The quantitative estimate of drug-likeness (QED) is 0.865. The predicted molar refractivity (Wildman–Crippen MR) is 102 cm³/mol. The minimum atomic E-state index is 0.123. The van der Waals surface area contributed by atoms with Gasteiger partial charge in [0.05, 0.1) is 12.2 Å². The highest BCUT2D eigenvalue weighted by Crippen LogP contribution is 2.24. The maximum atomic E-state index is 12.4. The van der Waals surface area contributed by atoms with Crippen molar-refractivity contribution < 1.29 is 4.79 Å². The summed E-state index contributed by atoms with van der Waals surface area (Å²) >= 11 is 0. The standard InChI is InChI=1S/C20H29N5O/c1-15-6-4-5-7-19(15)23-20(26)12-24(3)16(2)17-8-10-18(11-9-17)25-14-21-13-22-25/h8-11,13-16,19H,4-7,12H2,1-3H3,(H,23,26)/t15-,16+,19-/m1/s1. The van der Waals surface area contributed by atoms with Crippen molar-refractivity contribution in [2.75, 3.05) is 13.6 Å². The topological polar surface area (TPSA) is 63.1 Å². The Balaban J connectivity index is 1.55. The SMILES string of the molecule is C[C@@H]1CCCC[C@H]1NC(=O)CN(C)[C@@H](C)c1ccc(-n2cncn2)cc1. The number of rotatable bonds is 6. The molecule has 140 valence electrons. The summed E-state index contributed by atoms with van der Waals surface area (Å²) < 4.78 is 1.73. The highest BCUT2D eigenvalue weighted by Gasteiger charge is 2.24. The molecule has 1 fully saturated rings. The fourth-order valence-corrected chi connectivity index (χ4v) is 3.65. The van der Waals surface area contributed by atoms with E-state index in [2.05, 4.69) is 46.3 Å². The average molecular weight is 355 g/mol. The lowest BCUT2D eigenvalue weighted by molar-refractivity contribution is -0.123. The van der Waals surface area contributed by atoms with E-state index < -0.39 is 0 Å². The Bertz CT molecular complexity index is 698. The van der Waals surface area contributed by atoms with Gasteiger partial charge in [0.25, 0.3) is 0 Å². The molecule has 0 bridgehead atoms. The van der Waals surface area contributed by atoms with Gasteiger partial charge in [-0.05, 0) is 50.4 Å². The molecule has 2 aromatic rings. The Kier molecular flexibility index (Phi) is 6.04. The van der Waals surface area contributed by atoms with Crippen LogP contribution >= 0.6 is 0 Å². The molecule has 1 saturated carbocycles. The Morgan fingerprint density at radius 2 is 2.04 bits per heavy atom. The van der Waals surface area contributed by atoms with Crippen LogP contribution in [0.2, 0.25) is 0 Å². The first kappa shape index (κ1) is 18.6. The summed E-state index contributed by atoms with van der Waals surface area (Å²) in [5.41, 5.74) is 2.15. The average Bonchev–Trinajstić information content (AvgIpc) is 3.18. The molecule has 1 aliphatic carbocycles. The number of amides is 1. The van der Waals surface area contributed by atoms with Gasteiger partial charge in [0.1, 0.15) is 12.7 Å². The Labute approximate surface area is 155 Å². The first-order valence-corrected chi connectivity index (χ1v) is 9.49. The van der Waals surface area contributed by atoms with Crippen LogP contribution in [-0.2, 0) is 4.79 Å². The molecule has 0 spiro atoms. The summed E-state index contributed by atoms with van der Waals surface area (Å²) in [5, 5.41) is 7.37. The third-order valence-electron chi connectivity index (χ3n) is 5.57. The zero-order valence-corrected chi connectivity index (χ0v) is 15.9. The number of aromatic nitrogens is 3. The summed E-state index contributed by atoms with van der Waals surface area (Å²) in [6.45, 7) is 4.78. The summed E-state index contributed by atoms with van der Waals surface area (Å²) in [4.78, 5) is 18.5. The van der Waals surface area contributed by atoms with Gasteiger partial charge in [0.15, 0.2) is 0 Å². The lowest BCUT2D eigenvalue weighted by atomic mass is 9.86. The molecule has 3 rings (SSSR count). The van der Waals surface area contributed by atoms with Crippen molar-refractivity contribution in [1.82, 2.24) is 25.0 Å². The van der Waals surface area contributed by atoms with Crippen molar-refractivity contribution in [2.45, 2.75) is 51.6 Å². The summed E-state index contributed by atoms with van der Waals surface area (Å²) in [7, 11) is 2.00. The maximum Gasteiger partial charge on any atom is 0.234 e. The minimum absolute atomic E-state index is 0.123. The summed E-state index contributed by atoms with van der Waals surface area (Å²) in [5.74, 6) is 0.706. The fraction of sp³-hybridized carbons (Fsp3) is 0.550. The molecule has 6 nitrogen and oxygen atoms in total. The third-order valence-corrected chi connectivity index (χ3v) is 5.57. The zero-order chi connectivity index (χ0) is 18.5. The Hall–Kier alpha value is -2.21. The molecule has 1 N–H and O–H groups in total. The van der Waals surface area contributed by atoms with E-state index in [1.807, 2.05) is 19.2 Å². The highest BCUT2D eigenvalue weighted by atomic mass is 16.2. The van der Waals surface area contributed by atoms with E-state index in [0.29, 0.717) is 18.5 Å². The Morgan fingerprint density at radius 1 is 1.31 bits per heavy atom. The summed E-state index contributed by atoms with van der Waals surface area (Å²) in [6.07, 6.45) is 8.04. The van der Waals surface area contributed by atoms with E-state index >= 15 is 0 Å². The molecule has 1 aromatic heterocycles. The molecule has 3 atom stereocenters. The molecule has 1 heterocycles. The summed E-state index contributed by atoms with van der Waals surface area (Å²) in [6, 6.07) is 8.71. The lowest BCUT2D eigenvalue weighted by Gasteiger charge is -2.31. The van der Waals surface area contributed by atoms with Crippen LogP contribution in [-0.4, -0.2) is 45.2 Å². The second-order valence-electron chi connectivity index (χ2n) is 7.46. The second kappa shape index (κ2) is 8.45. The van der Waals surface area contributed by atoms with Crippen LogP contribution in [0, 0.1) is 5.92 Å². The van der Waals surface area contributed by atoms with Crippen LogP contribution < -0.4 is 5.32 Å². The van der Waals surface area contributed by atoms with Crippen LogP contribution in [0.5, 0.6) is 0 Å². The number of hydrogen-bond acceptors (Lipinski definition) is 4. The lowest BCUT2D eigenvalue weighted by Crippen LogP contribution is -2.45. The number of nitrogens with one attached hydrogen (secondary N) is 1. The van der Waals surface area contributed by atoms with E-state index in [4.69, 9.17) is 0 Å². The van der Waals surface area contributed by atoms with Gasteiger partial charge in [0, 0.05) is 12.1 Å². The van der Waals surface area contributed by atoms with Gasteiger partial charge in [-0.15, -0.1) is 0 Å². The molecule has 0 aliphatic heterocycles. The number of hydrogen-bond donors (Lipinski definition) is 1. The van der Waals surface area contributed by atoms with Crippen LogP contribution in [0.3, 0.4) is 0 Å². The molecular weight excluding hydrogens is 326 g/mol. The van der Waals surface area contributed by atoms with Gasteiger partial charge >= 0.3 is 0 Å². The molecular formula is C20H29N5O. The number of benzene rings is 1. The minimum Gasteiger partial charge on any atom is -0.352 e. The van der Waals surface area contributed by atoms with Gasteiger partial charge in [-0.3, -0.25) is 9.69 Å². The fourth-order valence-electron chi connectivity index (χ4n) is 3.65. The third kappa shape index (κ3) is 4.49. The van der Waals surface area contributed by atoms with Crippen molar-refractivity contribution in [2.24, 2.45) is 5.92 Å². The molecule has 1 aliphatic rings. The van der Waals surface area contributed by atoms with Gasteiger partial charge < -0.3 is 5.32 Å². The number of carbonyl (C=O) groups is 1. The van der Waals surface area contributed by atoms with Crippen molar-refractivity contribution in [3.05, 3.63) is 42.5 Å². The first-order valence-electron chi connectivity index (χ1n) is 9.49. The van der Waals surface area contributed by atoms with Crippen LogP contribution in [0.25, 0.3) is 5.69 Å². The van der Waals surface area contributed by atoms with Crippen molar-refractivity contribution >= 4 is 5.91 Å². The first-order chi connectivity index (χ1) is 12.5. The highest BCUT2D eigenvalue weighted by molar-refractivity contribution is 5.78. The van der Waals surface area contributed by atoms with E-state index in [1.165, 1.54) is 31.2 Å². The van der Waals surface area contributed by atoms with Crippen LogP contribution in [0.15, 0.2) is 36.9 Å². The number of nitrogens with zero attached hydrogens (tertiary/aromatic N) is 4. The van der Waals surface area contributed by atoms with Crippen molar-refractivity contribution in [3.8, 4) is 5.69 Å². The maximum absolute atomic E-state index is 12.4. The molecule has 1 aromatic carbocycles. The predicted octanol–water partition coefficient (Wildman–Crippen LogP) is 2.96. The van der Waals surface area contributed by atoms with E-state index in [1.54, 1.807) is 11.0 Å². The molecule has 0 saturated heterocycles. The molecule has 0 unspecified atom stereocenters. The van der Waals surface area contributed by atoms with E-state index in [9.17, 15) is 4.79 Å². The van der Waals surface area contributed by atoms with Gasteiger partial charge in [-0.25, -0.2) is 9.67 Å². The van der Waals surface area contributed by atoms with Crippen LogP contribution in [0.4, 0.5) is 0 Å². The van der Waals surface area contributed by atoms with Gasteiger partial charge in [0.2, 0.25) is 5.91 Å². The smallest absolute Gasteiger partial charge is 0.234 e. The van der Waals surface area contributed by atoms with Crippen molar-refractivity contribution in [1.29, 1.82) is 0 Å². The number of likely N-dealkylation sites (N-methyl/N-ethyl adjacent to an activating group) is 1. The molecule has 6 heteroatoms. The number of carbonyl (C=O) groups excluding carboxylic acids is 1. The Morgan fingerprint density at radius 3 is 2.69 bits per heavy atom. The molecule has 0 radical (unpaired) electrons. The zero-order valence-electron chi connectivity index (χ0n) is 15.9. The second-order valence-corrected chi connectivity index (χ2v) is 7.46. The largest absolute Gasteiger partial charge is 0.352 e.